The molecule has 0 aliphatic rings. The lowest BCUT2D eigenvalue weighted by Crippen LogP contribution is -2.42. The van der Waals surface area contributed by atoms with Gasteiger partial charge in [0.1, 0.15) is 5.82 Å². The molecular weight excluding hydrogens is 304 g/mol. The molecule has 0 saturated carbocycles. The number of aliphatic hydroxyl groups is 1. The number of hydrogen-bond donors (Lipinski definition) is 3. The van der Waals surface area contributed by atoms with Crippen molar-refractivity contribution in [1.29, 1.82) is 0 Å². The minimum atomic E-state index is -0.220. The summed E-state index contributed by atoms with van der Waals surface area (Å²) in [5.74, 6) is 0.859. The molecule has 2 aromatic rings. The number of rotatable bonds is 7. The van der Waals surface area contributed by atoms with Crippen LogP contribution in [0.2, 0.25) is 0 Å². The molecular formula is C18H26N4O2. The quantitative estimate of drug-likeness (QED) is 0.728. The predicted molar refractivity (Wildman–Crippen MR) is 97.2 cm³/mol. The number of nitrogens with zero attached hydrogens (tertiary/aromatic N) is 2. The fraction of sp³-hybridized carbons (Fsp3) is 0.444. The molecule has 1 aromatic heterocycles. The van der Waals surface area contributed by atoms with E-state index in [4.69, 9.17) is 5.11 Å². The molecule has 1 unspecified atom stereocenters. The molecule has 0 bridgehead atoms. The van der Waals surface area contributed by atoms with Gasteiger partial charge < -0.3 is 20.6 Å². The Morgan fingerprint density at radius 1 is 1.33 bits per heavy atom. The van der Waals surface area contributed by atoms with Crippen molar-refractivity contribution in [2.24, 2.45) is 0 Å². The van der Waals surface area contributed by atoms with Crippen LogP contribution in [0.4, 0.5) is 10.6 Å². The number of para-hydroxylation sites is 1. The third-order valence-electron chi connectivity index (χ3n) is 3.99. The molecule has 2 rings (SSSR count). The number of nitrogens with one attached hydrogen (secondary N) is 2. The van der Waals surface area contributed by atoms with E-state index in [2.05, 4.69) is 15.6 Å². The normalized spacial score (nSPS) is 12.0. The molecule has 0 aliphatic heterocycles. The first-order valence-electron chi connectivity index (χ1n) is 8.26. The molecule has 1 aromatic carbocycles. The first-order chi connectivity index (χ1) is 11.5. The zero-order chi connectivity index (χ0) is 17.5. The number of aliphatic hydroxyl groups excluding tert-OH is 1. The number of anilines is 1. The van der Waals surface area contributed by atoms with Crippen LogP contribution in [0, 0.1) is 0 Å². The van der Waals surface area contributed by atoms with Crippen LogP contribution in [0.5, 0.6) is 0 Å². The van der Waals surface area contributed by atoms with Gasteiger partial charge in [-0.2, -0.15) is 0 Å². The van der Waals surface area contributed by atoms with Gasteiger partial charge in [-0.1, -0.05) is 25.1 Å². The van der Waals surface area contributed by atoms with E-state index >= 15 is 0 Å². The van der Waals surface area contributed by atoms with Gasteiger partial charge in [0.25, 0.3) is 0 Å². The molecule has 0 saturated heterocycles. The topological polar surface area (TPSA) is 77.5 Å². The molecule has 6 heteroatoms. The molecule has 1 atom stereocenters. The Bertz CT molecular complexity index is 688. The monoisotopic (exact) mass is 330 g/mol. The van der Waals surface area contributed by atoms with Crippen LogP contribution in [0.25, 0.3) is 10.9 Å². The highest BCUT2D eigenvalue weighted by Gasteiger charge is 2.11. The van der Waals surface area contributed by atoms with Crippen molar-refractivity contribution in [1.82, 2.24) is 15.6 Å². The third kappa shape index (κ3) is 4.58. The van der Waals surface area contributed by atoms with Gasteiger partial charge in [-0.3, -0.25) is 0 Å². The fourth-order valence-electron chi connectivity index (χ4n) is 2.55. The second-order valence-corrected chi connectivity index (χ2v) is 6.00. The van der Waals surface area contributed by atoms with Gasteiger partial charge in [-0.25, -0.2) is 9.78 Å². The van der Waals surface area contributed by atoms with E-state index in [-0.39, 0.29) is 18.7 Å². The van der Waals surface area contributed by atoms with Crippen LogP contribution >= 0.6 is 0 Å². The minimum absolute atomic E-state index is 0.0125. The molecule has 0 fully saturated rings. The maximum absolute atomic E-state index is 12.1. The average molecular weight is 330 g/mol. The highest BCUT2D eigenvalue weighted by Crippen LogP contribution is 2.21. The molecule has 24 heavy (non-hydrogen) atoms. The van der Waals surface area contributed by atoms with E-state index in [9.17, 15) is 4.79 Å². The second kappa shape index (κ2) is 8.49. The van der Waals surface area contributed by atoms with Crippen molar-refractivity contribution >= 4 is 22.8 Å². The largest absolute Gasteiger partial charge is 0.396 e. The maximum Gasteiger partial charge on any atom is 0.315 e. The highest BCUT2D eigenvalue weighted by molar-refractivity contribution is 5.84. The van der Waals surface area contributed by atoms with Crippen molar-refractivity contribution < 1.29 is 9.90 Å². The summed E-state index contributed by atoms with van der Waals surface area (Å²) in [6.45, 7) is 2.48. The first kappa shape index (κ1) is 18.0. The summed E-state index contributed by atoms with van der Waals surface area (Å²) in [7, 11) is 3.89. The van der Waals surface area contributed by atoms with Crippen LogP contribution in [-0.2, 0) is 6.54 Å². The number of pyridine rings is 1. The lowest BCUT2D eigenvalue weighted by atomic mass is 10.1. The molecule has 3 N–H and O–H groups in total. The van der Waals surface area contributed by atoms with Gasteiger partial charge in [0.15, 0.2) is 0 Å². The summed E-state index contributed by atoms with van der Waals surface area (Å²) in [6.07, 6.45) is 1.35. The number of aromatic nitrogens is 1. The van der Waals surface area contributed by atoms with Gasteiger partial charge in [0.2, 0.25) is 0 Å². The number of fused-ring (bicyclic) bond motifs is 1. The molecule has 0 aliphatic carbocycles. The van der Waals surface area contributed by atoms with E-state index in [0.717, 1.165) is 28.7 Å². The summed E-state index contributed by atoms with van der Waals surface area (Å²) < 4.78 is 0. The van der Waals surface area contributed by atoms with Crippen molar-refractivity contribution in [3.8, 4) is 0 Å². The Morgan fingerprint density at radius 2 is 2.08 bits per heavy atom. The predicted octanol–water partition coefficient (Wildman–Crippen LogP) is 2.26. The summed E-state index contributed by atoms with van der Waals surface area (Å²) in [5.41, 5.74) is 1.93. The van der Waals surface area contributed by atoms with Crippen LogP contribution in [-0.4, -0.2) is 42.9 Å². The smallest absolute Gasteiger partial charge is 0.315 e. The SMILES string of the molecule is CCC(CCO)NC(=O)NCc1cc(N(C)C)nc2ccccc12. The number of carbonyl (C=O) groups excluding carboxylic acids is 1. The Hall–Kier alpha value is -2.34. The number of benzene rings is 1. The van der Waals surface area contributed by atoms with Gasteiger partial charge >= 0.3 is 6.03 Å². The Balaban J connectivity index is 2.12. The summed E-state index contributed by atoms with van der Waals surface area (Å²) in [4.78, 5) is 18.7. The Kier molecular flexibility index (Phi) is 6.37. The zero-order valence-electron chi connectivity index (χ0n) is 14.5. The van der Waals surface area contributed by atoms with Crippen molar-refractivity contribution in [2.75, 3.05) is 25.6 Å². The van der Waals surface area contributed by atoms with Crippen LogP contribution < -0.4 is 15.5 Å². The van der Waals surface area contributed by atoms with Gasteiger partial charge in [0.05, 0.1) is 5.52 Å². The number of hydrogen-bond acceptors (Lipinski definition) is 4. The van der Waals surface area contributed by atoms with Crippen molar-refractivity contribution in [3.05, 3.63) is 35.9 Å². The fourth-order valence-corrected chi connectivity index (χ4v) is 2.55. The number of carbonyl (C=O) groups is 1. The van der Waals surface area contributed by atoms with Gasteiger partial charge in [-0.15, -0.1) is 0 Å². The van der Waals surface area contributed by atoms with E-state index in [0.29, 0.717) is 13.0 Å². The standard InChI is InChI=1S/C18H26N4O2/c1-4-14(9-10-23)20-18(24)19-12-13-11-17(22(2)3)21-16-8-6-5-7-15(13)16/h5-8,11,14,23H,4,9-10,12H2,1-3H3,(H2,19,20,24). The molecule has 0 spiro atoms. The summed E-state index contributed by atoms with van der Waals surface area (Å²) in [6, 6.07) is 9.67. The van der Waals surface area contributed by atoms with Crippen molar-refractivity contribution in [2.45, 2.75) is 32.4 Å². The van der Waals surface area contributed by atoms with E-state index < -0.39 is 0 Å². The van der Waals surface area contributed by atoms with Crippen LogP contribution in [0.1, 0.15) is 25.3 Å². The second-order valence-electron chi connectivity index (χ2n) is 6.00. The van der Waals surface area contributed by atoms with Crippen LogP contribution in [0.3, 0.4) is 0 Å². The molecule has 6 nitrogen and oxygen atoms in total. The van der Waals surface area contributed by atoms with Crippen LogP contribution in [0.15, 0.2) is 30.3 Å². The summed E-state index contributed by atoms with van der Waals surface area (Å²) >= 11 is 0. The maximum atomic E-state index is 12.1. The van der Waals surface area contributed by atoms with E-state index in [1.54, 1.807) is 0 Å². The van der Waals surface area contributed by atoms with E-state index in [1.165, 1.54) is 0 Å². The first-order valence-corrected chi connectivity index (χ1v) is 8.26. The molecule has 0 radical (unpaired) electrons. The van der Waals surface area contributed by atoms with Gasteiger partial charge in [-0.05, 0) is 30.5 Å². The zero-order valence-corrected chi connectivity index (χ0v) is 14.5. The third-order valence-corrected chi connectivity index (χ3v) is 3.99. The molecule has 130 valence electrons. The lowest BCUT2D eigenvalue weighted by Gasteiger charge is -2.18. The Labute approximate surface area is 142 Å². The van der Waals surface area contributed by atoms with Crippen molar-refractivity contribution in [3.63, 3.8) is 0 Å². The number of urea groups is 1. The Morgan fingerprint density at radius 3 is 2.75 bits per heavy atom. The van der Waals surface area contributed by atoms with E-state index in [1.807, 2.05) is 56.3 Å². The van der Waals surface area contributed by atoms with Gasteiger partial charge in [0, 0.05) is 38.7 Å². The minimum Gasteiger partial charge on any atom is -0.396 e. The molecule has 2 amide bonds. The number of amides is 2. The molecule has 1 heterocycles. The summed E-state index contributed by atoms with van der Waals surface area (Å²) in [5, 5.41) is 15.8. The highest BCUT2D eigenvalue weighted by atomic mass is 16.3. The lowest BCUT2D eigenvalue weighted by molar-refractivity contribution is 0.227. The average Bonchev–Trinajstić information content (AvgIpc) is 2.58.